The Morgan fingerprint density at radius 2 is 1.84 bits per heavy atom. The number of anilines is 1. The maximum absolute atomic E-state index is 5.91. The van der Waals surface area contributed by atoms with Gasteiger partial charge in [0.05, 0.1) is 0 Å². The van der Waals surface area contributed by atoms with Crippen LogP contribution < -0.4 is 5.73 Å². The van der Waals surface area contributed by atoms with Gasteiger partial charge in [-0.05, 0) is 63.5 Å². The average Bonchev–Trinajstić information content (AvgIpc) is 2.98. The number of nitrogens with two attached hydrogens (primary N) is 1. The zero-order valence-electron chi connectivity index (χ0n) is 11.9. The van der Waals surface area contributed by atoms with Gasteiger partial charge in [0.2, 0.25) is 0 Å². The Kier molecular flexibility index (Phi) is 3.23. The summed E-state index contributed by atoms with van der Waals surface area (Å²) in [5.74, 6) is 0. The van der Waals surface area contributed by atoms with Crippen molar-refractivity contribution in [1.82, 2.24) is 9.47 Å². The minimum Gasteiger partial charge on any atom is -0.399 e. The molecule has 1 aliphatic heterocycles. The maximum Gasteiger partial charge on any atom is 0.0487 e. The molecule has 0 bridgehead atoms. The lowest BCUT2D eigenvalue weighted by atomic mass is 10.1. The highest BCUT2D eigenvalue weighted by molar-refractivity contribution is 5.87. The predicted molar refractivity (Wildman–Crippen MR) is 81.5 cm³/mol. The number of benzene rings is 1. The third-order valence-electron chi connectivity index (χ3n) is 4.50. The number of aromatic nitrogens is 1. The lowest BCUT2D eigenvalue weighted by Crippen LogP contribution is -2.24. The van der Waals surface area contributed by atoms with Crippen molar-refractivity contribution in [3.8, 4) is 0 Å². The second-order valence-corrected chi connectivity index (χ2v) is 5.69. The molecule has 0 radical (unpaired) electrons. The zero-order valence-corrected chi connectivity index (χ0v) is 11.9. The van der Waals surface area contributed by atoms with E-state index in [2.05, 4.69) is 35.4 Å². The molecule has 3 heteroatoms. The highest BCUT2D eigenvalue weighted by Crippen LogP contribution is 2.27. The summed E-state index contributed by atoms with van der Waals surface area (Å²) < 4.78 is 2.45. The lowest BCUT2D eigenvalue weighted by molar-refractivity contribution is 0.323. The van der Waals surface area contributed by atoms with Crippen molar-refractivity contribution in [3.63, 3.8) is 0 Å². The van der Waals surface area contributed by atoms with E-state index in [1.54, 1.807) is 0 Å². The molecule has 0 spiro atoms. The monoisotopic (exact) mass is 257 g/mol. The summed E-state index contributed by atoms with van der Waals surface area (Å²) in [6.45, 7) is 9.20. The molecule has 1 aromatic heterocycles. The van der Waals surface area contributed by atoms with Crippen molar-refractivity contribution >= 4 is 16.6 Å². The topological polar surface area (TPSA) is 34.2 Å². The van der Waals surface area contributed by atoms with Crippen LogP contribution in [0.3, 0.4) is 0 Å². The van der Waals surface area contributed by atoms with Crippen LogP contribution in [0.5, 0.6) is 0 Å². The van der Waals surface area contributed by atoms with Gasteiger partial charge in [0.25, 0.3) is 0 Å². The van der Waals surface area contributed by atoms with Crippen LogP contribution >= 0.6 is 0 Å². The first-order valence-electron chi connectivity index (χ1n) is 7.24. The third-order valence-corrected chi connectivity index (χ3v) is 4.50. The molecule has 0 saturated carbocycles. The molecule has 19 heavy (non-hydrogen) atoms. The van der Waals surface area contributed by atoms with Crippen molar-refractivity contribution < 1.29 is 0 Å². The Balaban J connectivity index is 1.91. The van der Waals surface area contributed by atoms with E-state index in [4.69, 9.17) is 5.73 Å². The van der Waals surface area contributed by atoms with E-state index < -0.39 is 0 Å². The largest absolute Gasteiger partial charge is 0.399 e. The molecule has 3 rings (SSSR count). The van der Waals surface area contributed by atoms with Crippen molar-refractivity contribution in [2.24, 2.45) is 0 Å². The number of hydrogen-bond acceptors (Lipinski definition) is 2. The summed E-state index contributed by atoms with van der Waals surface area (Å²) in [6, 6.07) is 6.27. The van der Waals surface area contributed by atoms with Crippen molar-refractivity contribution in [2.75, 3.05) is 25.4 Å². The standard InChI is InChI=1S/C16H23N3/c1-12-13(2)19(10-9-18-7-3-4-8-18)16-6-5-14(17)11-15(12)16/h5-6,11H,3-4,7-10,17H2,1-2H3. The van der Waals surface area contributed by atoms with Crippen molar-refractivity contribution in [2.45, 2.75) is 33.2 Å². The quantitative estimate of drug-likeness (QED) is 0.858. The molecule has 0 aliphatic carbocycles. The fraction of sp³-hybridized carbons (Fsp3) is 0.500. The molecular weight excluding hydrogens is 234 g/mol. The second-order valence-electron chi connectivity index (χ2n) is 5.69. The van der Waals surface area contributed by atoms with Crippen LogP contribution in [0.4, 0.5) is 5.69 Å². The van der Waals surface area contributed by atoms with Gasteiger partial charge in [-0.25, -0.2) is 0 Å². The number of likely N-dealkylation sites (tertiary alicyclic amines) is 1. The smallest absolute Gasteiger partial charge is 0.0487 e. The Bertz CT molecular complexity index is 592. The molecule has 1 saturated heterocycles. The molecule has 0 amide bonds. The van der Waals surface area contributed by atoms with E-state index in [9.17, 15) is 0 Å². The molecule has 102 valence electrons. The Labute approximate surface area is 115 Å². The van der Waals surface area contributed by atoms with Gasteiger partial charge in [-0.2, -0.15) is 0 Å². The summed E-state index contributed by atoms with van der Waals surface area (Å²) in [5, 5.41) is 1.30. The molecule has 0 unspecified atom stereocenters. The van der Waals surface area contributed by atoms with Gasteiger partial charge in [-0.1, -0.05) is 0 Å². The lowest BCUT2D eigenvalue weighted by Gasteiger charge is -2.16. The van der Waals surface area contributed by atoms with Crippen LogP contribution in [0.1, 0.15) is 24.1 Å². The van der Waals surface area contributed by atoms with Crippen LogP contribution in [-0.4, -0.2) is 29.1 Å². The van der Waals surface area contributed by atoms with E-state index in [1.807, 2.05) is 6.07 Å². The van der Waals surface area contributed by atoms with Gasteiger partial charge in [-0.3, -0.25) is 0 Å². The van der Waals surface area contributed by atoms with Gasteiger partial charge in [0.15, 0.2) is 0 Å². The normalized spacial score (nSPS) is 16.5. The summed E-state index contributed by atoms with van der Waals surface area (Å²) in [4.78, 5) is 2.57. The molecule has 1 fully saturated rings. The summed E-state index contributed by atoms with van der Waals surface area (Å²) in [6.07, 6.45) is 2.72. The first-order valence-corrected chi connectivity index (χ1v) is 7.24. The fourth-order valence-corrected chi connectivity index (χ4v) is 3.20. The van der Waals surface area contributed by atoms with Crippen LogP contribution in [0.25, 0.3) is 10.9 Å². The van der Waals surface area contributed by atoms with Gasteiger partial charge in [0.1, 0.15) is 0 Å². The minimum absolute atomic E-state index is 0.854. The van der Waals surface area contributed by atoms with E-state index in [-0.39, 0.29) is 0 Å². The van der Waals surface area contributed by atoms with Crippen LogP contribution in [-0.2, 0) is 6.54 Å². The van der Waals surface area contributed by atoms with Crippen LogP contribution in [0.15, 0.2) is 18.2 Å². The first kappa shape index (κ1) is 12.5. The maximum atomic E-state index is 5.91. The number of aryl methyl sites for hydroxylation is 1. The summed E-state index contributed by atoms with van der Waals surface area (Å²) in [5.41, 5.74) is 10.8. The van der Waals surface area contributed by atoms with E-state index in [0.29, 0.717) is 0 Å². The Morgan fingerprint density at radius 1 is 1.11 bits per heavy atom. The minimum atomic E-state index is 0.854. The van der Waals surface area contributed by atoms with Crippen molar-refractivity contribution in [1.29, 1.82) is 0 Å². The highest BCUT2D eigenvalue weighted by atomic mass is 15.2. The van der Waals surface area contributed by atoms with Gasteiger partial charge >= 0.3 is 0 Å². The third kappa shape index (κ3) is 2.23. The first-order chi connectivity index (χ1) is 9.16. The Hall–Kier alpha value is -1.48. The average molecular weight is 257 g/mol. The molecule has 1 aromatic carbocycles. The number of nitrogens with zero attached hydrogens (tertiary/aromatic N) is 2. The van der Waals surface area contributed by atoms with Gasteiger partial charge in [0, 0.05) is 35.4 Å². The SMILES string of the molecule is Cc1c(C)n(CCN2CCCC2)c2ccc(N)cc12. The molecule has 0 atom stereocenters. The van der Waals surface area contributed by atoms with Gasteiger partial charge < -0.3 is 15.2 Å². The van der Waals surface area contributed by atoms with Crippen molar-refractivity contribution in [3.05, 3.63) is 29.5 Å². The zero-order chi connectivity index (χ0) is 13.4. The molecule has 2 heterocycles. The molecule has 1 aliphatic rings. The molecule has 2 aromatic rings. The van der Waals surface area contributed by atoms with E-state index in [0.717, 1.165) is 18.8 Å². The molecular formula is C16H23N3. The number of rotatable bonds is 3. The van der Waals surface area contributed by atoms with Gasteiger partial charge in [-0.15, -0.1) is 0 Å². The fourth-order valence-electron chi connectivity index (χ4n) is 3.20. The molecule has 3 nitrogen and oxygen atoms in total. The van der Waals surface area contributed by atoms with E-state index in [1.165, 1.54) is 48.1 Å². The predicted octanol–water partition coefficient (Wildman–Crippen LogP) is 2.94. The number of nitrogen functional groups attached to an aromatic ring is 1. The summed E-state index contributed by atoms with van der Waals surface area (Å²) in [7, 11) is 0. The number of hydrogen-bond donors (Lipinski definition) is 1. The second kappa shape index (κ2) is 4.89. The Morgan fingerprint density at radius 3 is 2.58 bits per heavy atom. The number of fused-ring (bicyclic) bond motifs is 1. The van der Waals surface area contributed by atoms with E-state index >= 15 is 0 Å². The van der Waals surface area contributed by atoms with Crippen LogP contribution in [0.2, 0.25) is 0 Å². The molecule has 2 N–H and O–H groups in total. The summed E-state index contributed by atoms with van der Waals surface area (Å²) >= 11 is 0. The van der Waals surface area contributed by atoms with Crippen LogP contribution in [0, 0.1) is 13.8 Å². The highest BCUT2D eigenvalue weighted by Gasteiger charge is 2.14.